The number of nitrogens with zero attached hydrogens (tertiary/aromatic N) is 3. The Kier molecular flexibility index (Phi) is 11.8. The Hall–Kier alpha value is -3.51. The van der Waals surface area contributed by atoms with Gasteiger partial charge >= 0.3 is 13.7 Å². The molecule has 5 N–H and O–H groups in total. The number of anilines is 1. The van der Waals surface area contributed by atoms with Crippen molar-refractivity contribution in [2.75, 3.05) is 11.9 Å². The fourth-order valence-electron chi connectivity index (χ4n) is 4.06. The molecule has 0 bridgehead atoms. The summed E-state index contributed by atoms with van der Waals surface area (Å²) in [7, 11) is 0. The van der Waals surface area contributed by atoms with E-state index in [0.717, 1.165) is 5.56 Å². The number of aromatic nitrogens is 2. The molecular formula is C24H33BN5O6. The van der Waals surface area contributed by atoms with Crippen LogP contribution in [0, 0.1) is 5.92 Å². The first-order valence-electron chi connectivity index (χ1n) is 11.8. The molecule has 1 aliphatic heterocycles. The van der Waals surface area contributed by atoms with E-state index in [4.69, 9.17) is 10.0 Å². The van der Waals surface area contributed by atoms with Crippen molar-refractivity contribution < 1.29 is 29.5 Å². The molecule has 1 radical (unpaired) electrons. The maximum Gasteiger partial charge on any atom is 0.482 e. The number of carboxylic acids is 1. The summed E-state index contributed by atoms with van der Waals surface area (Å²) < 4.78 is 0. The minimum atomic E-state index is -1.02. The molecule has 3 atom stereocenters. The van der Waals surface area contributed by atoms with Crippen molar-refractivity contribution >= 4 is 31.3 Å². The lowest BCUT2D eigenvalue weighted by Gasteiger charge is -2.29. The number of benzene rings is 1. The topological polar surface area (TPSA) is 165 Å². The molecule has 2 heterocycles. The minimum Gasteiger partial charge on any atom is -0.480 e. The normalized spacial score (nSPS) is 16.4. The standard InChI is InChI=1S/C24H31N5O4.BH2O2/c1-16(2)13-18(27-21-15-25-10-11-26-21)22(30)28-19(14-17-7-4-3-5-8-17)23(31)29-12-6-9-20(29)24(32)33;2-1-3/h3-5,7-8,10-11,15-16,18-20H,6,9,12-14H2,1-2H3,(H,26,27)(H,28,30)(H,32,33);2-3H/t18?,19?,20-;/m0./s1. The zero-order chi connectivity index (χ0) is 26.5. The van der Waals surface area contributed by atoms with Crippen LogP contribution in [-0.2, 0) is 20.8 Å². The van der Waals surface area contributed by atoms with Gasteiger partial charge in [0.1, 0.15) is 23.9 Å². The number of nitrogens with one attached hydrogen (secondary N) is 2. The highest BCUT2D eigenvalue weighted by Crippen LogP contribution is 2.20. The summed E-state index contributed by atoms with van der Waals surface area (Å²) in [6.45, 7) is 4.38. The number of amides is 2. The highest BCUT2D eigenvalue weighted by molar-refractivity contribution is 6.13. The van der Waals surface area contributed by atoms with E-state index in [2.05, 4.69) is 20.6 Å². The van der Waals surface area contributed by atoms with E-state index >= 15 is 0 Å². The first-order valence-corrected chi connectivity index (χ1v) is 11.8. The van der Waals surface area contributed by atoms with E-state index in [1.54, 1.807) is 6.20 Å². The lowest BCUT2D eigenvalue weighted by molar-refractivity contribution is -0.149. The van der Waals surface area contributed by atoms with Gasteiger partial charge < -0.3 is 30.7 Å². The van der Waals surface area contributed by atoms with Crippen LogP contribution in [0.25, 0.3) is 0 Å². The molecule has 0 aliphatic carbocycles. The number of carbonyl (C=O) groups is 3. The highest BCUT2D eigenvalue weighted by atomic mass is 16.4. The van der Waals surface area contributed by atoms with Crippen molar-refractivity contribution in [2.24, 2.45) is 5.92 Å². The molecule has 12 heteroatoms. The third kappa shape index (κ3) is 8.93. The number of hydrogen-bond acceptors (Lipinski definition) is 8. The summed E-state index contributed by atoms with van der Waals surface area (Å²) in [5, 5.41) is 29.5. The van der Waals surface area contributed by atoms with Crippen LogP contribution in [0.5, 0.6) is 0 Å². The van der Waals surface area contributed by atoms with Crippen LogP contribution in [0.15, 0.2) is 48.9 Å². The van der Waals surface area contributed by atoms with E-state index in [1.807, 2.05) is 44.2 Å². The van der Waals surface area contributed by atoms with E-state index in [1.165, 1.54) is 17.3 Å². The van der Waals surface area contributed by atoms with E-state index < -0.39 is 24.1 Å². The van der Waals surface area contributed by atoms with Gasteiger partial charge in [0, 0.05) is 25.4 Å². The van der Waals surface area contributed by atoms with Crippen LogP contribution in [0.2, 0.25) is 0 Å². The number of likely N-dealkylation sites (tertiary alicyclic amines) is 1. The molecule has 193 valence electrons. The molecule has 2 aromatic rings. The van der Waals surface area contributed by atoms with Crippen LogP contribution in [0.1, 0.15) is 38.7 Å². The maximum absolute atomic E-state index is 13.4. The Balaban J connectivity index is 0.00000145. The van der Waals surface area contributed by atoms with Gasteiger partial charge in [0.25, 0.3) is 0 Å². The summed E-state index contributed by atoms with van der Waals surface area (Å²) >= 11 is 0. The van der Waals surface area contributed by atoms with Gasteiger partial charge in [0.15, 0.2) is 0 Å². The largest absolute Gasteiger partial charge is 0.482 e. The summed E-state index contributed by atoms with van der Waals surface area (Å²) in [5.41, 5.74) is 0.879. The Morgan fingerprint density at radius 3 is 2.42 bits per heavy atom. The molecule has 1 aliphatic rings. The Bertz CT molecular complexity index is 966. The quantitative estimate of drug-likeness (QED) is 0.295. The van der Waals surface area contributed by atoms with Gasteiger partial charge in [-0.25, -0.2) is 9.78 Å². The average Bonchev–Trinajstić information content (AvgIpc) is 3.35. The molecule has 2 amide bonds. The minimum absolute atomic E-state index is 0. The molecular weight excluding hydrogens is 465 g/mol. The number of rotatable bonds is 10. The summed E-state index contributed by atoms with van der Waals surface area (Å²) in [6, 6.07) is 7.01. The second kappa shape index (κ2) is 14.8. The molecule has 3 rings (SSSR count). The van der Waals surface area contributed by atoms with E-state index in [9.17, 15) is 19.5 Å². The molecule has 11 nitrogen and oxygen atoms in total. The lowest BCUT2D eigenvalue weighted by atomic mass is 10.0. The zero-order valence-electron chi connectivity index (χ0n) is 20.4. The SMILES string of the molecule is CC(C)CC(Nc1cnccn1)C(=O)NC(Cc1ccccc1)C(=O)N1CCC[C@H]1C(=O)O.O[B]O. The Morgan fingerprint density at radius 1 is 1.14 bits per heavy atom. The fraction of sp³-hybridized carbons (Fsp3) is 0.458. The van der Waals surface area contributed by atoms with Gasteiger partial charge in [-0.3, -0.25) is 14.6 Å². The zero-order valence-corrected chi connectivity index (χ0v) is 20.4. The van der Waals surface area contributed by atoms with Gasteiger partial charge in [-0.05, 0) is 30.7 Å². The Morgan fingerprint density at radius 2 is 1.83 bits per heavy atom. The second-order valence-corrected chi connectivity index (χ2v) is 8.81. The first kappa shape index (κ1) is 28.7. The number of carboxylic acid groups (broad SMARTS) is 1. The van der Waals surface area contributed by atoms with E-state index in [0.29, 0.717) is 31.6 Å². The molecule has 36 heavy (non-hydrogen) atoms. The van der Waals surface area contributed by atoms with Crippen molar-refractivity contribution in [2.45, 2.75) is 57.7 Å². The van der Waals surface area contributed by atoms with Crippen molar-refractivity contribution in [1.29, 1.82) is 0 Å². The van der Waals surface area contributed by atoms with Gasteiger partial charge in [0.05, 0.1) is 6.20 Å². The van der Waals surface area contributed by atoms with Gasteiger partial charge in [0.2, 0.25) is 11.8 Å². The molecule has 2 unspecified atom stereocenters. The van der Waals surface area contributed by atoms with Crippen LogP contribution in [0.3, 0.4) is 0 Å². The van der Waals surface area contributed by atoms with Crippen molar-refractivity contribution in [3.8, 4) is 0 Å². The van der Waals surface area contributed by atoms with Crippen LogP contribution >= 0.6 is 0 Å². The number of carbonyl (C=O) groups excluding carboxylic acids is 2. The third-order valence-electron chi connectivity index (χ3n) is 5.63. The van der Waals surface area contributed by atoms with Crippen LogP contribution < -0.4 is 10.6 Å². The molecule has 1 saturated heterocycles. The first-order chi connectivity index (χ1) is 17.3. The predicted molar refractivity (Wildman–Crippen MR) is 134 cm³/mol. The number of aliphatic carboxylic acids is 1. The van der Waals surface area contributed by atoms with Gasteiger partial charge in [-0.1, -0.05) is 44.2 Å². The third-order valence-corrected chi connectivity index (χ3v) is 5.63. The molecule has 1 aromatic heterocycles. The summed E-state index contributed by atoms with van der Waals surface area (Å²) in [5.74, 6) is -1.06. The lowest BCUT2D eigenvalue weighted by Crippen LogP contribution is -2.55. The van der Waals surface area contributed by atoms with Crippen LogP contribution in [0.4, 0.5) is 5.82 Å². The fourth-order valence-corrected chi connectivity index (χ4v) is 4.06. The van der Waals surface area contributed by atoms with Crippen molar-refractivity contribution in [3.05, 3.63) is 54.5 Å². The van der Waals surface area contributed by atoms with Crippen molar-refractivity contribution in [1.82, 2.24) is 20.2 Å². The summed E-state index contributed by atoms with van der Waals surface area (Å²) in [4.78, 5) is 48.0. The predicted octanol–water partition coefficient (Wildman–Crippen LogP) is 0.612. The molecule has 1 fully saturated rings. The Labute approximate surface area is 211 Å². The smallest absolute Gasteiger partial charge is 0.480 e. The van der Waals surface area contributed by atoms with E-state index in [-0.39, 0.29) is 31.8 Å². The molecule has 0 saturated carbocycles. The summed E-state index contributed by atoms with van der Waals surface area (Å²) in [6.07, 6.45) is 6.45. The van der Waals surface area contributed by atoms with Crippen molar-refractivity contribution in [3.63, 3.8) is 0 Å². The molecule has 1 aromatic carbocycles. The average molecular weight is 498 g/mol. The van der Waals surface area contributed by atoms with Crippen LogP contribution in [-0.4, -0.2) is 80.2 Å². The van der Waals surface area contributed by atoms with Gasteiger partial charge in [-0.2, -0.15) is 0 Å². The molecule has 0 spiro atoms. The van der Waals surface area contributed by atoms with Gasteiger partial charge in [-0.15, -0.1) is 0 Å². The highest BCUT2D eigenvalue weighted by Gasteiger charge is 2.38. The maximum atomic E-state index is 13.4. The monoisotopic (exact) mass is 498 g/mol. The number of hydrogen-bond donors (Lipinski definition) is 5. The second-order valence-electron chi connectivity index (χ2n) is 8.81.